The minimum Gasteiger partial charge on any atom is -0.324 e. The number of carbonyl (C=O) groups is 1. The van der Waals surface area contributed by atoms with Gasteiger partial charge in [-0.1, -0.05) is 12.2 Å². The lowest BCUT2D eigenvalue weighted by molar-refractivity contribution is -0.118. The zero-order valence-electron chi connectivity index (χ0n) is 11.1. The molecule has 1 amide bonds. The highest BCUT2D eigenvalue weighted by molar-refractivity contribution is 5.93. The number of hydrogen-bond donors (Lipinski definition) is 1. The summed E-state index contributed by atoms with van der Waals surface area (Å²) < 4.78 is 26.6. The average Bonchev–Trinajstić information content (AvgIpc) is 2.93. The minimum absolute atomic E-state index is 0.0827. The second kappa shape index (κ2) is 6.31. The highest BCUT2D eigenvalue weighted by Gasteiger charge is 2.25. The van der Waals surface area contributed by atoms with E-state index in [1.807, 2.05) is 6.07 Å². The fourth-order valence-corrected chi connectivity index (χ4v) is 2.15. The molecule has 2 atom stereocenters. The summed E-state index contributed by atoms with van der Waals surface area (Å²) in [4.78, 5) is 23.4. The van der Waals surface area contributed by atoms with Gasteiger partial charge in [0.15, 0.2) is 5.82 Å². The summed E-state index contributed by atoms with van der Waals surface area (Å²) in [5, 5.41) is 11.2. The van der Waals surface area contributed by atoms with Crippen LogP contribution in [0, 0.1) is 29.0 Å². The van der Waals surface area contributed by atoms with Gasteiger partial charge in [-0.15, -0.1) is 0 Å². The Morgan fingerprint density at radius 3 is 2.90 bits per heavy atom. The minimum atomic E-state index is -1.06. The van der Waals surface area contributed by atoms with E-state index < -0.39 is 29.9 Å². The average molecular weight is 293 g/mol. The summed E-state index contributed by atoms with van der Waals surface area (Å²) in [6.45, 7) is -1.09. The van der Waals surface area contributed by atoms with E-state index in [1.165, 1.54) is 6.20 Å². The number of nitriles is 1. The van der Waals surface area contributed by atoms with Crippen molar-refractivity contribution in [3.63, 3.8) is 0 Å². The number of allylic oxidation sites excluding steroid dienone is 1. The van der Waals surface area contributed by atoms with E-state index in [2.05, 4.69) is 5.32 Å². The molecule has 110 valence electrons. The first-order valence-electron chi connectivity index (χ1n) is 6.40. The molecule has 0 fully saturated rings. The second-order valence-corrected chi connectivity index (χ2v) is 4.72. The first kappa shape index (κ1) is 14.9. The molecule has 1 aliphatic carbocycles. The third-order valence-corrected chi connectivity index (χ3v) is 3.22. The van der Waals surface area contributed by atoms with Gasteiger partial charge in [0.25, 0.3) is 5.56 Å². The van der Waals surface area contributed by atoms with Crippen molar-refractivity contribution in [1.29, 1.82) is 5.26 Å². The van der Waals surface area contributed by atoms with Crippen LogP contribution >= 0.6 is 0 Å². The second-order valence-electron chi connectivity index (χ2n) is 4.72. The Bertz CT molecular complexity index is 676. The molecule has 2 unspecified atom stereocenters. The van der Waals surface area contributed by atoms with Gasteiger partial charge in [0.2, 0.25) is 5.91 Å². The molecule has 0 aromatic carbocycles. The number of nitrogens with zero attached hydrogens (tertiary/aromatic N) is 2. The van der Waals surface area contributed by atoms with Crippen LogP contribution in [0.25, 0.3) is 0 Å². The number of rotatable bonds is 4. The molecule has 1 N–H and O–H groups in total. The number of hydrogen-bond acceptors (Lipinski definition) is 3. The van der Waals surface area contributed by atoms with E-state index in [-0.39, 0.29) is 18.2 Å². The summed E-state index contributed by atoms with van der Waals surface area (Å²) in [7, 11) is 0. The summed E-state index contributed by atoms with van der Waals surface area (Å²) >= 11 is 0. The van der Waals surface area contributed by atoms with Crippen molar-refractivity contribution in [2.24, 2.45) is 11.8 Å². The molecule has 2 rings (SSSR count). The monoisotopic (exact) mass is 293 g/mol. The number of halogens is 2. The zero-order valence-corrected chi connectivity index (χ0v) is 11.1. The van der Waals surface area contributed by atoms with Crippen LogP contribution < -0.4 is 10.9 Å². The third-order valence-electron chi connectivity index (χ3n) is 3.22. The SMILES string of the molecule is N#CC1C=CC(C(=O)Nc2cc(F)c(=O)n(CCF)c2)C1. The van der Waals surface area contributed by atoms with Gasteiger partial charge in [-0.05, 0) is 6.42 Å². The number of anilines is 1. The molecule has 1 aromatic rings. The summed E-state index contributed by atoms with van der Waals surface area (Å²) in [5.41, 5.74) is -0.852. The molecule has 1 aromatic heterocycles. The van der Waals surface area contributed by atoms with Crippen molar-refractivity contribution >= 4 is 11.6 Å². The number of aryl methyl sites for hydroxylation is 1. The van der Waals surface area contributed by atoms with Crippen molar-refractivity contribution in [3.8, 4) is 6.07 Å². The number of alkyl halides is 1. The van der Waals surface area contributed by atoms with Crippen molar-refractivity contribution < 1.29 is 13.6 Å². The van der Waals surface area contributed by atoms with Crippen LogP contribution in [0.3, 0.4) is 0 Å². The maximum Gasteiger partial charge on any atom is 0.286 e. The molecule has 0 aliphatic heterocycles. The molecule has 7 heteroatoms. The standard InChI is InChI=1S/C14H13F2N3O2/c15-3-4-19-8-11(6-12(16)14(19)21)18-13(20)10-2-1-9(5-10)7-17/h1-2,6,8-10H,3-5H2,(H,18,20). The van der Waals surface area contributed by atoms with Gasteiger partial charge < -0.3 is 9.88 Å². The van der Waals surface area contributed by atoms with Gasteiger partial charge in [-0.2, -0.15) is 5.26 Å². The molecule has 0 bridgehead atoms. The third kappa shape index (κ3) is 3.34. The molecular formula is C14H13F2N3O2. The highest BCUT2D eigenvalue weighted by Crippen LogP contribution is 2.24. The molecule has 21 heavy (non-hydrogen) atoms. The van der Waals surface area contributed by atoms with E-state index in [0.717, 1.165) is 10.6 Å². The van der Waals surface area contributed by atoms with E-state index in [0.29, 0.717) is 6.42 Å². The molecule has 5 nitrogen and oxygen atoms in total. The Kier molecular flexibility index (Phi) is 4.48. The number of amides is 1. The largest absolute Gasteiger partial charge is 0.324 e. The molecule has 1 aliphatic rings. The van der Waals surface area contributed by atoms with Crippen molar-refractivity contribution in [3.05, 3.63) is 40.6 Å². The van der Waals surface area contributed by atoms with Crippen LogP contribution in [0.15, 0.2) is 29.2 Å². The molecule has 1 heterocycles. The fraction of sp³-hybridized carbons (Fsp3) is 0.357. The predicted octanol–water partition coefficient (Wildman–Crippen LogP) is 1.61. The summed E-state index contributed by atoms with van der Waals surface area (Å²) in [6, 6.07) is 2.94. The van der Waals surface area contributed by atoms with Crippen molar-refractivity contribution in [2.45, 2.75) is 13.0 Å². The Morgan fingerprint density at radius 1 is 1.52 bits per heavy atom. The fourth-order valence-electron chi connectivity index (χ4n) is 2.15. The van der Waals surface area contributed by atoms with E-state index >= 15 is 0 Å². The smallest absolute Gasteiger partial charge is 0.286 e. The highest BCUT2D eigenvalue weighted by atomic mass is 19.1. The lowest BCUT2D eigenvalue weighted by Gasteiger charge is -2.12. The molecule has 0 spiro atoms. The summed E-state index contributed by atoms with van der Waals surface area (Å²) in [6.07, 6.45) is 4.84. The van der Waals surface area contributed by atoms with E-state index in [1.54, 1.807) is 12.2 Å². The van der Waals surface area contributed by atoms with Crippen LogP contribution in [0.1, 0.15) is 6.42 Å². The van der Waals surface area contributed by atoms with Crippen LogP contribution in [0.5, 0.6) is 0 Å². The molecular weight excluding hydrogens is 280 g/mol. The van der Waals surface area contributed by atoms with Gasteiger partial charge in [0.1, 0.15) is 6.67 Å². The van der Waals surface area contributed by atoms with Crippen LogP contribution in [-0.4, -0.2) is 17.1 Å². The van der Waals surface area contributed by atoms with Gasteiger partial charge in [0.05, 0.1) is 30.1 Å². The van der Waals surface area contributed by atoms with Crippen LogP contribution in [0.2, 0.25) is 0 Å². The van der Waals surface area contributed by atoms with Gasteiger partial charge in [0, 0.05) is 12.3 Å². The summed E-state index contributed by atoms with van der Waals surface area (Å²) in [5.74, 6) is -2.23. The Morgan fingerprint density at radius 2 is 2.29 bits per heavy atom. The van der Waals surface area contributed by atoms with Crippen LogP contribution in [-0.2, 0) is 11.3 Å². The molecule has 0 saturated heterocycles. The quantitative estimate of drug-likeness (QED) is 0.857. The van der Waals surface area contributed by atoms with Gasteiger partial charge in [-0.25, -0.2) is 8.78 Å². The Balaban J connectivity index is 2.13. The maximum absolute atomic E-state index is 13.4. The Labute approximate surface area is 119 Å². The maximum atomic E-state index is 13.4. The first-order chi connectivity index (χ1) is 10.0. The van der Waals surface area contributed by atoms with Crippen molar-refractivity contribution in [1.82, 2.24) is 4.57 Å². The van der Waals surface area contributed by atoms with Crippen LogP contribution in [0.4, 0.5) is 14.5 Å². The van der Waals surface area contributed by atoms with E-state index in [4.69, 9.17) is 5.26 Å². The number of aromatic nitrogens is 1. The molecule has 0 radical (unpaired) electrons. The lowest BCUT2D eigenvalue weighted by Crippen LogP contribution is -2.26. The number of carbonyl (C=O) groups excluding carboxylic acids is 1. The first-order valence-corrected chi connectivity index (χ1v) is 6.40. The van der Waals surface area contributed by atoms with Crippen molar-refractivity contribution in [2.75, 3.05) is 12.0 Å². The van der Waals surface area contributed by atoms with Gasteiger partial charge in [-0.3, -0.25) is 9.59 Å². The number of nitrogens with one attached hydrogen (secondary N) is 1. The topological polar surface area (TPSA) is 74.9 Å². The van der Waals surface area contributed by atoms with E-state index in [9.17, 15) is 18.4 Å². The number of pyridine rings is 1. The predicted molar refractivity (Wildman–Crippen MR) is 71.6 cm³/mol. The Hall–Kier alpha value is -2.49. The normalized spacial score (nSPS) is 20.2. The van der Waals surface area contributed by atoms with Gasteiger partial charge >= 0.3 is 0 Å². The molecule has 0 saturated carbocycles. The zero-order chi connectivity index (χ0) is 15.4. The lowest BCUT2D eigenvalue weighted by atomic mass is 10.0.